The molecule has 9 heteroatoms. The number of para-hydroxylation sites is 1. The fraction of sp³-hybridized carbons (Fsp3) is 0.107. The molecule has 9 nitrogen and oxygen atoms in total. The molecule has 0 atom stereocenters. The van der Waals surface area contributed by atoms with E-state index in [1.807, 2.05) is 18.2 Å². The number of carboxylic acid groups (broad SMARTS) is 1. The lowest BCUT2D eigenvalue weighted by molar-refractivity contribution is -0.384. The van der Waals surface area contributed by atoms with Crippen molar-refractivity contribution in [1.82, 2.24) is 0 Å². The molecule has 1 aliphatic heterocycles. The number of carbonyl (C=O) groups is 2. The predicted octanol–water partition coefficient (Wildman–Crippen LogP) is 5.36. The molecule has 3 aromatic carbocycles. The van der Waals surface area contributed by atoms with Gasteiger partial charge < -0.3 is 15.3 Å². The maximum atomic E-state index is 12.7. The van der Waals surface area contributed by atoms with E-state index < -0.39 is 22.5 Å². The van der Waals surface area contributed by atoms with Gasteiger partial charge in [-0.1, -0.05) is 36.4 Å². The molecule has 0 radical (unpaired) electrons. The van der Waals surface area contributed by atoms with Crippen LogP contribution in [0.4, 0.5) is 22.7 Å². The van der Waals surface area contributed by atoms with Crippen molar-refractivity contribution in [3.63, 3.8) is 0 Å². The summed E-state index contributed by atoms with van der Waals surface area (Å²) in [7, 11) is 0. The molecule has 0 fully saturated rings. The Bertz CT molecular complexity index is 1410. The zero-order valence-corrected chi connectivity index (χ0v) is 19.8. The van der Waals surface area contributed by atoms with Crippen molar-refractivity contribution in [2.24, 2.45) is 0 Å². The second kappa shape index (κ2) is 11.1. The standard InChI is InChI=1S/C28H24N4O5/c29-26(28(34)35)24(27(33)30-21-8-2-1-3-9-21)10-4-6-19-11-16-25-20(18-19)7-5-17-31(25)22-12-14-23(15-13-22)32(36)37/h1-4,6,8-16,18,29H,5,7,17H2,(H,30,33)(H,34,35)/b6-4+,24-10-,29-26?. The number of nitrogens with zero attached hydrogens (tertiary/aromatic N) is 2. The van der Waals surface area contributed by atoms with Gasteiger partial charge in [0.15, 0.2) is 5.71 Å². The fourth-order valence-corrected chi connectivity index (χ4v) is 4.11. The number of allylic oxidation sites excluding steroid dienone is 2. The number of aliphatic carboxylic acids is 1. The average molecular weight is 497 g/mol. The first-order chi connectivity index (χ1) is 17.8. The SMILES string of the molecule is N=C(C(=O)O)/C(=C/C=C/c1ccc2c(c1)CCCN2c1ccc([N+](=O)[O-])cc1)C(=O)Nc1ccccc1. The number of hydrogen-bond donors (Lipinski definition) is 3. The van der Waals surface area contributed by atoms with Gasteiger partial charge in [-0.05, 0) is 66.4 Å². The first kappa shape index (κ1) is 25.1. The van der Waals surface area contributed by atoms with Gasteiger partial charge in [-0.25, -0.2) is 4.79 Å². The highest BCUT2D eigenvalue weighted by molar-refractivity contribution is 6.48. The summed E-state index contributed by atoms with van der Waals surface area (Å²) in [5.41, 5.74) is 3.32. The fourth-order valence-electron chi connectivity index (χ4n) is 4.11. The third-order valence-corrected chi connectivity index (χ3v) is 5.91. The summed E-state index contributed by atoms with van der Waals surface area (Å²) in [6.45, 7) is 0.792. The zero-order valence-electron chi connectivity index (χ0n) is 19.8. The maximum absolute atomic E-state index is 12.7. The molecule has 1 amide bonds. The number of rotatable bonds is 8. The van der Waals surface area contributed by atoms with Crippen molar-refractivity contribution >= 4 is 46.4 Å². The summed E-state index contributed by atoms with van der Waals surface area (Å²) in [5, 5.41) is 30.7. The second-order valence-electron chi connectivity index (χ2n) is 8.36. The van der Waals surface area contributed by atoms with Crippen LogP contribution < -0.4 is 10.2 Å². The quantitative estimate of drug-likeness (QED) is 0.126. The lowest BCUT2D eigenvalue weighted by atomic mass is 9.98. The Balaban J connectivity index is 1.55. The highest BCUT2D eigenvalue weighted by atomic mass is 16.6. The molecule has 0 saturated carbocycles. The summed E-state index contributed by atoms with van der Waals surface area (Å²) in [6, 6.07) is 21.0. The molecular formula is C28H24N4O5. The number of carboxylic acids is 1. The van der Waals surface area contributed by atoms with Crippen LogP contribution in [-0.4, -0.2) is 34.2 Å². The summed E-state index contributed by atoms with van der Waals surface area (Å²) < 4.78 is 0. The van der Waals surface area contributed by atoms with E-state index in [1.54, 1.807) is 54.6 Å². The van der Waals surface area contributed by atoms with Crippen molar-refractivity contribution in [2.45, 2.75) is 12.8 Å². The van der Waals surface area contributed by atoms with Crippen LogP contribution >= 0.6 is 0 Å². The molecule has 3 N–H and O–H groups in total. The molecule has 0 unspecified atom stereocenters. The number of aryl methyl sites for hydroxylation is 1. The van der Waals surface area contributed by atoms with Crippen molar-refractivity contribution in [2.75, 3.05) is 16.8 Å². The summed E-state index contributed by atoms with van der Waals surface area (Å²) >= 11 is 0. The van der Waals surface area contributed by atoms with E-state index in [0.717, 1.165) is 41.9 Å². The Morgan fingerprint density at radius 2 is 1.78 bits per heavy atom. The number of non-ortho nitro benzene ring substituents is 1. The van der Waals surface area contributed by atoms with E-state index in [2.05, 4.69) is 10.2 Å². The van der Waals surface area contributed by atoms with E-state index in [-0.39, 0.29) is 11.3 Å². The van der Waals surface area contributed by atoms with Crippen LogP contribution in [-0.2, 0) is 16.0 Å². The summed E-state index contributed by atoms with van der Waals surface area (Å²) in [5.74, 6) is -2.18. The Kier molecular flexibility index (Phi) is 7.53. The number of fused-ring (bicyclic) bond motifs is 1. The number of nitro benzene ring substituents is 1. The third kappa shape index (κ3) is 5.96. The smallest absolute Gasteiger partial charge is 0.354 e. The number of carbonyl (C=O) groups excluding carboxylic acids is 1. The van der Waals surface area contributed by atoms with Gasteiger partial charge in [0.05, 0.1) is 10.5 Å². The number of nitro groups is 1. The van der Waals surface area contributed by atoms with Gasteiger partial charge in [0.25, 0.3) is 11.6 Å². The monoisotopic (exact) mass is 496 g/mol. The van der Waals surface area contributed by atoms with E-state index in [9.17, 15) is 24.8 Å². The van der Waals surface area contributed by atoms with Gasteiger partial charge in [0.1, 0.15) is 0 Å². The number of nitrogens with one attached hydrogen (secondary N) is 2. The minimum atomic E-state index is -1.50. The van der Waals surface area contributed by atoms with Gasteiger partial charge in [0.2, 0.25) is 0 Å². The molecule has 3 aromatic rings. The molecular weight excluding hydrogens is 472 g/mol. The Morgan fingerprint density at radius 3 is 2.46 bits per heavy atom. The molecule has 4 rings (SSSR count). The maximum Gasteiger partial charge on any atom is 0.354 e. The molecule has 0 aromatic heterocycles. The van der Waals surface area contributed by atoms with Gasteiger partial charge >= 0.3 is 5.97 Å². The summed E-state index contributed by atoms with van der Waals surface area (Å²) in [6.07, 6.45) is 6.39. The molecule has 37 heavy (non-hydrogen) atoms. The predicted molar refractivity (Wildman–Crippen MR) is 142 cm³/mol. The van der Waals surface area contributed by atoms with Crippen molar-refractivity contribution in [3.8, 4) is 0 Å². The van der Waals surface area contributed by atoms with Crippen LogP contribution in [0.3, 0.4) is 0 Å². The molecule has 1 aliphatic rings. The van der Waals surface area contributed by atoms with Crippen molar-refractivity contribution in [3.05, 3.63) is 112 Å². The Labute approximate surface area is 213 Å². The molecule has 0 aliphatic carbocycles. The molecule has 0 spiro atoms. The van der Waals surface area contributed by atoms with E-state index in [4.69, 9.17) is 5.41 Å². The number of anilines is 3. The number of amides is 1. The highest BCUT2D eigenvalue weighted by Crippen LogP contribution is 2.35. The van der Waals surface area contributed by atoms with Crippen LogP contribution in [0.15, 0.2) is 90.5 Å². The van der Waals surface area contributed by atoms with Gasteiger partial charge in [-0.3, -0.25) is 20.3 Å². The minimum Gasteiger partial charge on any atom is -0.477 e. The average Bonchev–Trinajstić information content (AvgIpc) is 2.90. The van der Waals surface area contributed by atoms with E-state index in [1.165, 1.54) is 18.2 Å². The van der Waals surface area contributed by atoms with Gasteiger partial charge in [0, 0.05) is 35.7 Å². The lowest BCUT2D eigenvalue weighted by Gasteiger charge is -2.31. The van der Waals surface area contributed by atoms with Crippen LogP contribution in [0.25, 0.3) is 6.08 Å². The van der Waals surface area contributed by atoms with E-state index in [0.29, 0.717) is 5.69 Å². The molecule has 1 heterocycles. The number of benzene rings is 3. The largest absolute Gasteiger partial charge is 0.477 e. The van der Waals surface area contributed by atoms with E-state index >= 15 is 0 Å². The minimum absolute atomic E-state index is 0.0438. The zero-order chi connectivity index (χ0) is 26.4. The topological polar surface area (TPSA) is 137 Å². The van der Waals surface area contributed by atoms with Crippen LogP contribution in [0.5, 0.6) is 0 Å². The van der Waals surface area contributed by atoms with Crippen LogP contribution in [0.1, 0.15) is 17.5 Å². The lowest BCUT2D eigenvalue weighted by Crippen LogP contribution is -2.25. The Morgan fingerprint density at radius 1 is 1.05 bits per heavy atom. The molecule has 0 saturated heterocycles. The first-order valence-corrected chi connectivity index (χ1v) is 11.6. The first-order valence-electron chi connectivity index (χ1n) is 11.6. The molecule has 186 valence electrons. The number of hydrogen-bond acceptors (Lipinski definition) is 6. The van der Waals surface area contributed by atoms with Crippen LogP contribution in [0, 0.1) is 15.5 Å². The van der Waals surface area contributed by atoms with Gasteiger partial charge in [-0.15, -0.1) is 0 Å². The van der Waals surface area contributed by atoms with Gasteiger partial charge in [-0.2, -0.15) is 0 Å². The van der Waals surface area contributed by atoms with Crippen molar-refractivity contribution in [1.29, 1.82) is 5.41 Å². The molecule has 0 bridgehead atoms. The van der Waals surface area contributed by atoms with Crippen molar-refractivity contribution < 1.29 is 19.6 Å². The normalized spacial score (nSPS) is 13.2. The summed E-state index contributed by atoms with van der Waals surface area (Å²) in [4.78, 5) is 36.7. The van der Waals surface area contributed by atoms with Crippen LogP contribution in [0.2, 0.25) is 0 Å². The Hall–Kier alpha value is -5.05. The second-order valence-corrected chi connectivity index (χ2v) is 8.36. The third-order valence-electron chi connectivity index (χ3n) is 5.91. The highest BCUT2D eigenvalue weighted by Gasteiger charge is 2.21.